The quantitative estimate of drug-likeness (QED) is 0.755. The average molecular weight is 384 g/mol. The van der Waals surface area contributed by atoms with Crippen molar-refractivity contribution >= 4 is 11.9 Å². The van der Waals surface area contributed by atoms with Crippen LogP contribution in [-0.4, -0.2) is 25.6 Å². The minimum absolute atomic E-state index is 0.0160. The van der Waals surface area contributed by atoms with Gasteiger partial charge in [-0.15, -0.1) is 0 Å². The zero-order valence-corrected chi connectivity index (χ0v) is 16.7. The molecule has 1 amide bonds. The summed E-state index contributed by atoms with van der Waals surface area (Å²) in [5.41, 5.74) is 1.81. The maximum absolute atomic E-state index is 12.3. The molecule has 2 rings (SSSR count). The van der Waals surface area contributed by atoms with Crippen LogP contribution in [0, 0.1) is 0 Å². The molecule has 150 valence electrons. The Morgan fingerprint density at radius 2 is 1.57 bits per heavy atom. The van der Waals surface area contributed by atoms with Crippen LogP contribution in [0.1, 0.15) is 44.4 Å². The molecule has 6 heteroatoms. The number of ether oxygens (including phenoxy) is 2. The molecule has 0 aliphatic carbocycles. The van der Waals surface area contributed by atoms with Crippen LogP contribution < -0.4 is 19.9 Å². The molecule has 0 spiro atoms. The number of hydrogen-bond acceptors (Lipinski definition) is 5. The van der Waals surface area contributed by atoms with Gasteiger partial charge in [0.2, 0.25) is 0 Å². The number of hydrogen-bond donors (Lipinski definition) is 1. The predicted octanol–water partition coefficient (Wildman–Crippen LogP) is 2.37. The molecule has 6 nitrogen and oxygen atoms in total. The van der Waals surface area contributed by atoms with Crippen molar-refractivity contribution in [2.24, 2.45) is 0 Å². The first-order chi connectivity index (χ1) is 13.2. The summed E-state index contributed by atoms with van der Waals surface area (Å²) in [5, 5.41) is 13.8. The number of carbonyl (C=O) groups excluding carboxylic acids is 2. The van der Waals surface area contributed by atoms with Crippen LogP contribution in [0.2, 0.25) is 0 Å². The Hall–Kier alpha value is -3.02. The Bertz CT molecular complexity index is 791. The highest BCUT2D eigenvalue weighted by Crippen LogP contribution is 2.25. The third-order valence-electron chi connectivity index (χ3n) is 4.31. The number of carboxylic acid groups (broad SMARTS) is 1. The number of aliphatic carboxylic acids is 1. The highest BCUT2D eigenvalue weighted by molar-refractivity contribution is 5.79. The molecule has 0 radical (unpaired) electrons. The lowest BCUT2D eigenvalue weighted by molar-refractivity contribution is -0.306. The number of rotatable bonds is 8. The second-order valence-corrected chi connectivity index (χ2v) is 7.53. The van der Waals surface area contributed by atoms with E-state index in [0.29, 0.717) is 17.1 Å². The second-order valence-electron chi connectivity index (χ2n) is 7.53. The molecule has 0 unspecified atom stereocenters. The van der Waals surface area contributed by atoms with Crippen LogP contribution in [0.4, 0.5) is 0 Å². The van der Waals surface area contributed by atoms with E-state index in [0.717, 1.165) is 5.56 Å². The Kier molecular flexibility index (Phi) is 7.04. The van der Waals surface area contributed by atoms with Gasteiger partial charge in [0.25, 0.3) is 5.91 Å². The van der Waals surface area contributed by atoms with E-state index in [2.05, 4.69) is 26.1 Å². The van der Waals surface area contributed by atoms with Gasteiger partial charge in [-0.1, -0.05) is 45.0 Å². The summed E-state index contributed by atoms with van der Waals surface area (Å²) in [7, 11) is 1.56. The summed E-state index contributed by atoms with van der Waals surface area (Å²) in [5.74, 6) is -0.449. The van der Waals surface area contributed by atoms with Crippen LogP contribution in [0.15, 0.2) is 48.5 Å². The summed E-state index contributed by atoms with van der Waals surface area (Å²) >= 11 is 0. The third kappa shape index (κ3) is 6.30. The van der Waals surface area contributed by atoms with Crippen molar-refractivity contribution < 1.29 is 24.2 Å². The van der Waals surface area contributed by atoms with Crippen molar-refractivity contribution in [2.75, 3.05) is 13.7 Å². The monoisotopic (exact) mass is 384 g/mol. The maximum Gasteiger partial charge on any atom is 0.258 e. The molecule has 2 aromatic rings. The second kappa shape index (κ2) is 9.26. The van der Waals surface area contributed by atoms with Gasteiger partial charge in [-0.25, -0.2) is 0 Å². The van der Waals surface area contributed by atoms with Crippen LogP contribution in [-0.2, 0) is 15.0 Å². The number of nitrogens with one attached hydrogen (secondary N) is 1. The minimum Gasteiger partial charge on any atom is -0.550 e. The SMILES string of the molecule is COc1ccc(OCC(=O)N[C@H](CC(=O)[O-])c2ccc(C(C)(C)C)cc2)cc1. The fraction of sp³-hybridized carbons (Fsp3) is 0.364. The van der Waals surface area contributed by atoms with E-state index in [1.807, 2.05) is 24.3 Å². The summed E-state index contributed by atoms with van der Waals surface area (Å²) in [6, 6.07) is 13.7. The number of methoxy groups -OCH3 is 1. The highest BCUT2D eigenvalue weighted by Gasteiger charge is 2.18. The standard InChI is InChI=1S/C22H27NO5/c1-22(2,3)16-7-5-15(6-8-16)19(13-21(25)26)23-20(24)14-28-18-11-9-17(27-4)10-12-18/h5-12,19H,13-14H2,1-4H3,(H,23,24)(H,25,26)/p-1/t19-/m1/s1. The van der Waals surface area contributed by atoms with Gasteiger partial charge in [-0.3, -0.25) is 4.79 Å². The van der Waals surface area contributed by atoms with Crippen LogP contribution >= 0.6 is 0 Å². The van der Waals surface area contributed by atoms with Gasteiger partial charge >= 0.3 is 0 Å². The van der Waals surface area contributed by atoms with E-state index in [1.165, 1.54) is 0 Å². The van der Waals surface area contributed by atoms with Crippen molar-refractivity contribution in [1.82, 2.24) is 5.32 Å². The molecule has 28 heavy (non-hydrogen) atoms. The van der Waals surface area contributed by atoms with E-state index < -0.39 is 17.9 Å². The fourth-order valence-corrected chi connectivity index (χ4v) is 2.69. The van der Waals surface area contributed by atoms with E-state index in [4.69, 9.17) is 9.47 Å². The Morgan fingerprint density at radius 3 is 2.07 bits per heavy atom. The number of amides is 1. The Labute approximate surface area is 165 Å². The molecule has 0 bridgehead atoms. The number of carboxylic acids is 1. The van der Waals surface area contributed by atoms with Gasteiger partial charge in [0.15, 0.2) is 6.61 Å². The summed E-state index contributed by atoms with van der Waals surface area (Å²) in [6.07, 6.45) is -0.316. The lowest BCUT2D eigenvalue weighted by atomic mass is 9.86. The van der Waals surface area contributed by atoms with E-state index in [1.54, 1.807) is 31.4 Å². The predicted molar refractivity (Wildman–Crippen MR) is 104 cm³/mol. The zero-order valence-electron chi connectivity index (χ0n) is 16.7. The van der Waals surface area contributed by atoms with Crippen molar-refractivity contribution in [3.63, 3.8) is 0 Å². The van der Waals surface area contributed by atoms with Gasteiger partial charge in [0.05, 0.1) is 13.2 Å². The largest absolute Gasteiger partial charge is 0.550 e. The smallest absolute Gasteiger partial charge is 0.258 e. The van der Waals surface area contributed by atoms with Crippen LogP contribution in [0.3, 0.4) is 0 Å². The summed E-state index contributed by atoms with van der Waals surface area (Å²) < 4.78 is 10.5. The first kappa shape index (κ1) is 21.3. The lowest BCUT2D eigenvalue weighted by Crippen LogP contribution is -2.36. The maximum atomic E-state index is 12.3. The molecule has 0 saturated heterocycles. The zero-order chi connectivity index (χ0) is 20.7. The topological polar surface area (TPSA) is 87.7 Å². The molecular weight excluding hydrogens is 358 g/mol. The Balaban J connectivity index is 2.02. The molecule has 0 aliphatic heterocycles. The van der Waals surface area contributed by atoms with Crippen LogP contribution in [0.25, 0.3) is 0 Å². The molecule has 0 heterocycles. The summed E-state index contributed by atoms with van der Waals surface area (Å²) in [4.78, 5) is 23.4. The van der Waals surface area contributed by atoms with Gasteiger partial charge in [0.1, 0.15) is 11.5 Å². The number of carbonyl (C=O) groups is 2. The van der Waals surface area contributed by atoms with Crippen molar-refractivity contribution in [2.45, 2.75) is 38.6 Å². The average Bonchev–Trinajstić information content (AvgIpc) is 2.65. The highest BCUT2D eigenvalue weighted by atomic mass is 16.5. The molecule has 1 atom stereocenters. The molecule has 0 aromatic heterocycles. The van der Waals surface area contributed by atoms with Gasteiger partial charge in [-0.2, -0.15) is 0 Å². The first-order valence-electron chi connectivity index (χ1n) is 9.05. The van der Waals surface area contributed by atoms with E-state index in [-0.39, 0.29) is 18.4 Å². The van der Waals surface area contributed by atoms with Crippen molar-refractivity contribution in [1.29, 1.82) is 0 Å². The van der Waals surface area contributed by atoms with Gasteiger partial charge in [-0.05, 0) is 40.8 Å². The Morgan fingerprint density at radius 1 is 1.00 bits per heavy atom. The van der Waals surface area contributed by atoms with Gasteiger partial charge in [0, 0.05) is 12.4 Å². The van der Waals surface area contributed by atoms with Crippen LogP contribution in [0.5, 0.6) is 11.5 Å². The van der Waals surface area contributed by atoms with Crippen molar-refractivity contribution in [3.05, 3.63) is 59.7 Å². The molecule has 0 fully saturated rings. The third-order valence-corrected chi connectivity index (χ3v) is 4.31. The first-order valence-corrected chi connectivity index (χ1v) is 9.05. The van der Waals surface area contributed by atoms with Crippen molar-refractivity contribution in [3.8, 4) is 11.5 Å². The summed E-state index contributed by atoms with van der Waals surface area (Å²) in [6.45, 7) is 6.06. The lowest BCUT2D eigenvalue weighted by Gasteiger charge is -2.23. The molecule has 2 aromatic carbocycles. The van der Waals surface area contributed by atoms with Gasteiger partial charge < -0.3 is 24.7 Å². The van der Waals surface area contributed by atoms with E-state index >= 15 is 0 Å². The molecular formula is C22H26NO5-. The van der Waals surface area contributed by atoms with E-state index in [9.17, 15) is 14.7 Å². The fourth-order valence-electron chi connectivity index (χ4n) is 2.69. The molecule has 0 saturated carbocycles. The normalized spacial score (nSPS) is 12.1. The number of benzene rings is 2. The molecule has 0 aliphatic rings. The molecule has 1 N–H and O–H groups in total. The minimum atomic E-state index is -1.23.